The first-order valence-electron chi connectivity index (χ1n) is 14.2. The maximum Gasteiger partial charge on any atom is 0.142 e. The van der Waals surface area contributed by atoms with Crippen LogP contribution in [0.25, 0.3) is 10.2 Å². The Morgan fingerprint density at radius 3 is 2.62 bits per heavy atom. The van der Waals surface area contributed by atoms with Gasteiger partial charge in [-0.1, -0.05) is 49.4 Å². The molecule has 1 unspecified atom stereocenters. The molecule has 1 aliphatic rings. The van der Waals surface area contributed by atoms with E-state index in [0.717, 1.165) is 52.2 Å². The molecule has 42 heavy (non-hydrogen) atoms. The maximum atomic E-state index is 13.4. The number of nitrogens with zero attached hydrogens (tertiary/aromatic N) is 3. The second-order valence-electron chi connectivity index (χ2n) is 10.5. The Morgan fingerprint density at radius 1 is 1.17 bits per heavy atom. The number of thiophene rings is 1. The third-order valence-corrected chi connectivity index (χ3v) is 8.93. The molecule has 1 atom stereocenters. The van der Waals surface area contributed by atoms with E-state index in [4.69, 9.17) is 21.1 Å². The third kappa shape index (κ3) is 8.42. The Labute approximate surface area is 257 Å². The number of halogens is 2. The number of nitrogens with one attached hydrogen (secondary N) is 1. The van der Waals surface area contributed by atoms with Gasteiger partial charge in [-0.25, -0.2) is 14.4 Å². The van der Waals surface area contributed by atoms with Gasteiger partial charge in [0, 0.05) is 12.8 Å². The molecule has 0 saturated carbocycles. The van der Waals surface area contributed by atoms with E-state index in [1.165, 1.54) is 18.6 Å². The largest absolute Gasteiger partial charge is 0.487 e. The summed E-state index contributed by atoms with van der Waals surface area (Å²) in [5.41, 5.74) is 1.63. The molecule has 0 bridgehead atoms. The Kier molecular flexibility index (Phi) is 11.2. The number of rotatable bonds is 8. The first-order valence-corrected chi connectivity index (χ1v) is 15.4. The van der Waals surface area contributed by atoms with Crippen molar-refractivity contribution < 1.29 is 13.9 Å². The molecule has 2 aromatic carbocycles. The summed E-state index contributed by atoms with van der Waals surface area (Å²) in [5, 5.41) is 4.69. The molecule has 1 saturated heterocycles. The number of aromatic nitrogens is 2. The predicted octanol–water partition coefficient (Wildman–Crippen LogP) is 8.46. The molecule has 0 spiro atoms. The lowest BCUT2D eigenvalue weighted by molar-refractivity contribution is -0.000192. The van der Waals surface area contributed by atoms with Crippen molar-refractivity contribution in [2.24, 2.45) is 0 Å². The molecule has 9 heteroatoms. The molecule has 1 N–H and O–H groups in total. The van der Waals surface area contributed by atoms with Gasteiger partial charge in [0.25, 0.3) is 0 Å². The van der Waals surface area contributed by atoms with Crippen molar-refractivity contribution in [3.05, 3.63) is 76.1 Å². The third-order valence-electron chi connectivity index (χ3n) is 7.68. The normalized spacial score (nSPS) is 15.1. The van der Waals surface area contributed by atoms with E-state index in [0.29, 0.717) is 22.6 Å². The summed E-state index contributed by atoms with van der Waals surface area (Å²) in [5.74, 6) is 7.62. The number of hydrogen-bond acceptors (Lipinski definition) is 7. The lowest BCUT2D eigenvalue weighted by atomic mass is 10.0. The second-order valence-corrected chi connectivity index (χ2v) is 11.9. The molecule has 222 valence electrons. The maximum absolute atomic E-state index is 13.4. The van der Waals surface area contributed by atoms with Crippen molar-refractivity contribution in [3.8, 4) is 17.6 Å². The average Bonchev–Trinajstić information content (AvgIpc) is 3.61. The number of benzene rings is 2. The van der Waals surface area contributed by atoms with Gasteiger partial charge in [-0.3, -0.25) is 4.90 Å². The molecular weight excluding hydrogens is 571 g/mol. The van der Waals surface area contributed by atoms with Crippen LogP contribution in [0.3, 0.4) is 0 Å². The zero-order valence-corrected chi connectivity index (χ0v) is 26.4. The zero-order chi connectivity index (χ0) is 30.1. The van der Waals surface area contributed by atoms with Crippen LogP contribution in [0.1, 0.15) is 56.9 Å². The Bertz CT molecular complexity index is 1540. The summed E-state index contributed by atoms with van der Waals surface area (Å²) < 4.78 is 24.4. The minimum atomic E-state index is -0.295. The van der Waals surface area contributed by atoms with Gasteiger partial charge in [0.15, 0.2) is 0 Å². The Hall–Kier alpha value is -3.22. The predicted molar refractivity (Wildman–Crippen MR) is 171 cm³/mol. The number of ether oxygens (including phenoxy) is 2. The molecule has 0 aliphatic carbocycles. The number of likely N-dealkylation sites (tertiary alicyclic amines) is 1. The number of methoxy groups -OCH3 is 1. The van der Waals surface area contributed by atoms with E-state index < -0.39 is 0 Å². The first-order chi connectivity index (χ1) is 20.2. The lowest BCUT2D eigenvalue weighted by Gasteiger charge is -2.24. The lowest BCUT2D eigenvalue weighted by Crippen LogP contribution is -2.24. The Balaban J connectivity index is 0.000000446. The summed E-state index contributed by atoms with van der Waals surface area (Å²) in [6, 6.07) is 14.1. The van der Waals surface area contributed by atoms with Crippen LogP contribution in [0.2, 0.25) is 5.02 Å². The van der Waals surface area contributed by atoms with Crippen molar-refractivity contribution in [3.63, 3.8) is 0 Å². The summed E-state index contributed by atoms with van der Waals surface area (Å²) >= 11 is 8.00. The first kappa shape index (κ1) is 31.7. The van der Waals surface area contributed by atoms with Gasteiger partial charge < -0.3 is 14.8 Å². The summed E-state index contributed by atoms with van der Waals surface area (Å²) in [4.78, 5) is 13.0. The molecule has 5 rings (SSSR count). The highest BCUT2D eigenvalue weighted by atomic mass is 35.5. The fourth-order valence-corrected chi connectivity index (χ4v) is 5.52. The summed E-state index contributed by atoms with van der Waals surface area (Å²) in [6.45, 7) is 7.75. The van der Waals surface area contributed by atoms with Gasteiger partial charge in [0.1, 0.15) is 35.1 Å². The van der Waals surface area contributed by atoms with Crippen LogP contribution >= 0.6 is 22.9 Å². The number of fused-ring (bicyclic) bond motifs is 1. The monoisotopic (exact) mass is 608 g/mol. The van der Waals surface area contributed by atoms with Crippen LogP contribution in [-0.4, -0.2) is 47.2 Å². The molecule has 2 aromatic heterocycles. The molecule has 3 heterocycles. The van der Waals surface area contributed by atoms with Crippen LogP contribution in [0.15, 0.2) is 54.9 Å². The average molecular weight is 609 g/mol. The van der Waals surface area contributed by atoms with E-state index in [2.05, 4.69) is 59.8 Å². The highest BCUT2D eigenvalue weighted by Gasteiger charge is 2.18. The van der Waals surface area contributed by atoms with Gasteiger partial charge in [-0.15, -0.1) is 11.3 Å². The van der Waals surface area contributed by atoms with Gasteiger partial charge in [-0.05, 0) is 88.2 Å². The summed E-state index contributed by atoms with van der Waals surface area (Å²) in [7, 11) is 3.89. The SMILES string of the molecule is CCC(C)(CC)OC.CN1CCCC1C#Cc1cc2c(Nc3ccc(OCc4cccc(F)c4)c(Cl)c3)ncnc2s1. The van der Waals surface area contributed by atoms with E-state index in [9.17, 15) is 4.39 Å². The number of anilines is 2. The number of hydrogen-bond donors (Lipinski definition) is 1. The van der Waals surface area contributed by atoms with E-state index in [1.54, 1.807) is 49.0 Å². The van der Waals surface area contributed by atoms with Crippen molar-refractivity contribution in [1.29, 1.82) is 0 Å². The highest BCUT2D eigenvalue weighted by molar-refractivity contribution is 7.19. The van der Waals surface area contributed by atoms with Gasteiger partial charge in [0.05, 0.1) is 26.9 Å². The van der Waals surface area contributed by atoms with Gasteiger partial charge in [0.2, 0.25) is 0 Å². The van der Waals surface area contributed by atoms with Crippen molar-refractivity contribution in [2.45, 2.75) is 64.7 Å². The van der Waals surface area contributed by atoms with Crippen molar-refractivity contribution in [2.75, 3.05) is 26.0 Å². The van der Waals surface area contributed by atoms with E-state index >= 15 is 0 Å². The Morgan fingerprint density at radius 2 is 1.98 bits per heavy atom. The second kappa shape index (κ2) is 14.8. The molecular formula is C33H38ClFN4O2S. The smallest absolute Gasteiger partial charge is 0.142 e. The fraction of sp³-hybridized carbons (Fsp3) is 0.394. The molecule has 0 amide bonds. The highest BCUT2D eigenvalue weighted by Crippen LogP contribution is 2.33. The minimum absolute atomic E-state index is 0.125. The van der Waals surface area contributed by atoms with E-state index in [1.807, 2.05) is 12.1 Å². The fourth-order valence-electron chi connectivity index (χ4n) is 4.42. The van der Waals surface area contributed by atoms with Crippen LogP contribution in [0.5, 0.6) is 5.75 Å². The van der Waals surface area contributed by atoms with Crippen LogP contribution in [-0.2, 0) is 11.3 Å². The molecule has 0 radical (unpaired) electrons. The molecule has 1 aliphatic heterocycles. The minimum Gasteiger partial charge on any atom is -0.487 e. The van der Waals surface area contributed by atoms with Gasteiger partial charge in [-0.2, -0.15) is 0 Å². The van der Waals surface area contributed by atoms with Crippen molar-refractivity contribution >= 4 is 44.7 Å². The standard InChI is InChI=1S/C26H22ClFN4OS.C7H16O/c1-32-11-3-6-20(32)8-9-21-14-22-25(29-16-30-26(22)34-21)31-19-7-10-24(23(27)13-19)33-15-17-4-2-5-18(28)12-17;1-5-7(3,6-2)8-4/h2,4-5,7,10,12-14,16,20H,3,6,11,15H2,1H3,(H,29,30,31);5-6H2,1-4H3. The topological polar surface area (TPSA) is 59.5 Å². The van der Waals surface area contributed by atoms with E-state index in [-0.39, 0.29) is 18.0 Å². The quantitative estimate of drug-likeness (QED) is 0.203. The van der Waals surface area contributed by atoms with Crippen LogP contribution in [0, 0.1) is 17.7 Å². The summed E-state index contributed by atoms with van der Waals surface area (Å²) in [6.07, 6.45) is 6.05. The molecule has 6 nitrogen and oxygen atoms in total. The zero-order valence-electron chi connectivity index (χ0n) is 24.8. The van der Waals surface area contributed by atoms with Crippen LogP contribution in [0.4, 0.5) is 15.9 Å². The van der Waals surface area contributed by atoms with Crippen molar-refractivity contribution in [1.82, 2.24) is 14.9 Å². The van der Waals surface area contributed by atoms with Crippen LogP contribution < -0.4 is 10.1 Å². The molecule has 4 aromatic rings. The molecule has 1 fully saturated rings. The van der Waals surface area contributed by atoms with Gasteiger partial charge >= 0.3 is 0 Å².